The number of rotatable bonds is 4. The Morgan fingerprint density at radius 3 is 1.31 bits per heavy atom. The molecule has 0 radical (unpaired) electrons. The van der Waals surface area contributed by atoms with E-state index in [1.165, 1.54) is 0 Å². The van der Waals surface area contributed by atoms with Crippen molar-refractivity contribution in [1.82, 2.24) is 9.97 Å². The molecule has 0 atom stereocenters. The summed E-state index contributed by atoms with van der Waals surface area (Å²) in [5.41, 5.74) is 0.804. The second kappa shape index (κ2) is 7.57. The van der Waals surface area contributed by atoms with Crippen molar-refractivity contribution in [1.29, 1.82) is 0 Å². The van der Waals surface area contributed by atoms with Crippen LogP contribution in [0.4, 0.5) is 0 Å². The molecule has 1 aromatic heterocycles. The number of methoxy groups -OCH3 is 2. The van der Waals surface area contributed by atoms with Crippen molar-refractivity contribution < 1.29 is 9.47 Å². The van der Waals surface area contributed by atoms with E-state index in [4.69, 9.17) is 9.47 Å². The fourth-order valence-electron chi connectivity index (χ4n) is 2.43. The molecule has 3 aromatic rings. The number of benzene rings is 2. The van der Waals surface area contributed by atoms with E-state index in [-0.39, 0.29) is 21.8 Å². The molecular formula is C20H18N2O4. The lowest BCUT2D eigenvalue weighted by molar-refractivity contribution is 0.414. The van der Waals surface area contributed by atoms with E-state index in [1.807, 2.05) is 0 Å². The quantitative estimate of drug-likeness (QED) is 0.727. The number of ether oxygens (including phenoxy) is 2. The van der Waals surface area contributed by atoms with Gasteiger partial charge in [-0.1, -0.05) is 24.3 Å². The second-order valence-electron chi connectivity index (χ2n) is 5.57. The van der Waals surface area contributed by atoms with E-state index >= 15 is 0 Å². The highest BCUT2D eigenvalue weighted by Crippen LogP contribution is 2.11. The van der Waals surface area contributed by atoms with Gasteiger partial charge in [-0.2, -0.15) is 0 Å². The van der Waals surface area contributed by atoms with Gasteiger partial charge in [0, 0.05) is 0 Å². The summed E-state index contributed by atoms with van der Waals surface area (Å²) in [6.45, 7) is 0. The van der Waals surface area contributed by atoms with Crippen LogP contribution in [-0.2, 0) is 0 Å². The Balaban J connectivity index is 2.02. The normalized spacial score (nSPS) is 12.2. The Morgan fingerprint density at radius 2 is 1.00 bits per heavy atom. The maximum Gasteiger partial charge on any atom is 0.272 e. The molecule has 6 heteroatoms. The predicted molar refractivity (Wildman–Crippen MR) is 100 cm³/mol. The van der Waals surface area contributed by atoms with E-state index in [0.717, 1.165) is 11.1 Å². The molecule has 0 aliphatic rings. The Kier molecular flexibility index (Phi) is 5.03. The van der Waals surface area contributed by atoms with Gasteiger partial charge in [-0.05, 0) is 47.5 Å². The third kappa shape index (κ3) is 3.92. The van der Waals surface area contributed by atoms with Gasteiger partial charge in [0.1, 0.15) is 22.2 Å². The van der Waals surface area contributed by atoms with E-state index in [1.54, 1.807) is 74.9 Å². The van der Waals surface area contributed by atoms with Crippen molar-refractivity contribution >= 4 is 12.2 Å². The van der Waals surface area contributed by atoms with Crippen LogP contribution in [0, 0.1) is 0 Å². The summed E-state index contributed by atoms with van der Waals surface area (Å²) < 4.78 is 10.2. The minimum Gasteiger partial charge on any atom is -0.497 e. The Morgan fingerprint density at radius 1 is 0.654 bits per heavy atom. The molecule has 0 saturated heterocycles. The monoisotopic (exact) mass is 350 g/mol. The van der Waals surface area contributed by atoms with Gasteiger partial charge in [0.25, 0.3) is 11.1 Å². The van der Waals surface area contributed by atoms with Gasteiger partial charge in [-0.3, -0.25) is 9.59 Å². The van der Waals surface area contributed by atoms with Crippen LogP contribution in [0.5, 0.6) is 11.5 Å². The molecule has 0 unspecified atom stereocenters. The van der Waals surface area contributed by atoms with E-state index in [9.17, 15) is 9.59 Å². The average Bonchev–Trinajstić information content (AvgIpc) is 2.67. The molecule has 1 heterocycles. The first-order valence-electron chi connectivity index (χ1n) is 7.93. The number of hydrogen-bond acceptors (Lipinski definition) is 4. The molecule has 0 fully saturated rings. The zero-order valence-corrected chi connectivity index (χ0v) is 14.4. The molecule has 0 bridgehead atoms. The highest BCUT2D eigenvalue weighted by atomic mass is 16.5. The third-order valence-corrected chi connectivity index (χ3v) is 3.84. The molecule has 132 valence electrons. The lowest BCUT2D eigenvalue weighted by Gasteiger charge is -1.99. The summed E-state index contributed by atoms with van der Waals surface area (Å²) in [7, 11) is 3.16. The Bertz CT molecular complexity index is 1030. The zero-order valence-electron chi connectivity index (χ0n) is 14.4. The first kappa shape index (κ1) is 17.3. The van der Waals surface area contributed by atoms with Crippen LogP contribution in [0.25, 0.3) is 12.2 Å². The second-order valence-corrected chi connectivity index (χ2v) is 5.57. The van der Waals surface area contributed by atoms with Crippen molar-refractivity contribution in [3.63, 3.8) is 0 Å². The fraction of sp³-hybridized carbons (Fsp3) is 0.100. The summed E-state index contributed by atoms with van der Waals surface area (Å²) >= 11 is 0. The van der Waals surface area contributed by atoms with Gasteiger partial charge < -0.3 is 19.4 Å². The maximum atomic E-state index is 12.3. The summed E-state index contributed by atoms with van der Waals surface area (Å²) in [4.78, 5) is 29.8. The summed E-state index contributed by atoms with van der Waals surface area (Å²) in [6, 6.07) is 14.3. The molecule has 0 aliphatic carbocycles. The van der Waals surface area contributed by atoms with Crippen molar-refractivity contribution in [3.8, 4) is 11.5 Å². The molecule has 26 heavy (non-hydrogen) atoms. The molecule has 6 nitrogen and oxygen atoms in total. The van der Waals surface area contributed by atoms with Crippen LogP contribution < -0.4 is 31.3 Å². The molecule has 0 amide bonds. The van der Waals surface area contributed by atoms with E-state index in [0.29, 0.717) is 11.5 Å². The fourth-order valence-corrected chi connectivity index (χ4v) is 2.43. The number of hydrogen-bond donors (Lipinski definition) is 2. The average molecular weight is 350 g/mol. The summed E-state index contributed by atoms with van der Waals surface area (Å²) in [6.07, 6.45) is 3.22. The van der Waals surface area contributed by atoms with Crippen LogP contribution >= 0.6 is 0 Å². The summed E-state index contributed by atoms with van der Waals surface area (Å²) in [5, 5.41) is 0.374. The van der Waals surface area contributed by atoms with Crippen LogP contribution in [0.3, 0.4) is 0 Å². The summed E-state index contributed by atoms with van der Waals surface area (Å²) in [5.74, 6) is 1.43. The smallest absolute Gasteiger partial charge is 0.272 e. The van der Waals surface area contributed by atoms with Gasteiger partial charge in [0.15, 0.2) is 0 Å². The van der Waals surface area contributed by atoms with Crippen molar-refractivity contribution in [2.75, 3.05) is 14.2 Å². The number of aromatic nitrogens is 2. The zero-order chi connectivity index (χ0) is 18.5. The standard InChI is InChI=1S/C20H18N2O4/c1-25-15-7-3-13(4-8-15)11-17-19(23)22-18(20(24)21-17)12-14-5-9-16(26-2)10-6-14/h3-12H,1-2H3,(H,21,24)(H,22,23)/b17-11+,18-12+. The van der Waals surface area contributed by atoms with Crippen molar-refractivity contribution in [3.05, 3.63) is 91.1 Å². The van der Waals surface area contributed by atoms with Crippen molar-refractivity contribution in [2.24, 2.45) is 0 Å². The molecule has 3 rings (SSSR count). The Hall–Kier alpha value is -3.54. The van der Waals surface area contributed by atoms with Crippen LogP contribution in [0.2, 0.25) is 0 Å². The SMILES string of the molecule is COc1ccc(/C=c2/[nH]c(=O)/c(=C\c3ccc(OC)cc3)[nH]c2=O)cc1. The van der Waals surface area contributed by atoms with E-state index < -0.39 is 0 Å². The minimum absolute atomic E-state index is 0.187. The molecule has 2 aromatic carbocycles. The van der Waals surface area contributed by atoms with Gasteiger partial charge in [0.05, 0.1) is 14.2 Å². The van der Waals surface area contributed by atoms with Crippen LogP contribution in [0.15, 0.2) is 58.1 Å². The van der Waals surface area contributed by atoms with Gasteiger partial charge in [-0.25, -0.2) is 0 Å². The van der Waals surface area contributed by atoms with Gasteiger partial charge >= 0.3 is 0 Å². The lowest BCUT2D eigenvalue weighted by atomic mass is 10.2. The Labute approximate surface area is 149 Å². The van der Waals surface area contributed by atoms with Crippen LogP contribution in [0.1, 0.15) is 11.1 Å². The molecule has 0 saturated carbocycles. The van der Waals surface area contributed by atoms with Gasteiger partial charge in [0.2, 0.25) is 0 Å². The minimum atomic E-state index is -0.375. The predicted octanol–water partition coefficient (Wildman–Crippen LogP) is 0.738. The van der Waals surface area contributed by atoms with Crippen LogP contribution in [-0.4, -0.2) is 24.2 Å². The highest BCUT2D eigenvalue weighted by Gasteiger charge is 1.98. The largest absolute Gasteiger partial charge is 0.497 e. The number of nitrogens with one attached hydrogen (secondary N) is 2. The highest BCUT2D eigenvalue weighted by molar-refractivity contribution is 5.51. The first-order valence-corrected chi connectivity index (χ1v) is 7.93. The molecular weight excluding hydrogens is 332 g/mol. The third-order valence-electron chi connectivity index (χ3n) is 3.84. The lowest BCUT2D eigenvalue weighted by Crippen LogP contribution is -2.46. The maximum absolute atomic E-state index is 12.3. The topological polar surface area (TPSA) is 84.2 Å². The first-order chi connectivity index (χ1) is 12.6. The van der Waals surface area contributed by atoms with Gasteiger partial charge in [-0.15, -0.1) is 0 Å². The molecule has 2 N–H and O–H groups in total. The van der Waals surface area contributed by atoms with E-state index in [2.05, 4.69) is 9.97 Å². The van der Waals surface area contributed by atoms with Crippen molar-refractivity contribution in [2.45, 2.75) is 0 Å². The number of H-pyrrole nitrogens is 2. The molecule has 0 aliphatic heterocycles. The molecule has 0 spiro atoms. The number of aromatic amines is 2.